The van der Waals surface area contributed by atoms with Crippen LogP contribution in [0, 0.1) is 0 Å². The number of hydrogen-bond donors (Lipinski definition) is 3. The predicted molar refractivity (Wildman–Crippen MR) is 48.6 cm³/mol. The van der Waals surface area contributed by atoms with E-state index in [1.54, 1.807) is 0 Å². The number of rotatable bonds is 2. The van der Waals surface area contributed by atoms with Crippen LogP contribution in [0.5, 0.6) is 0 Å². The summed E-state index contributed by atoms with van der Waals surface area (Å²) in [5.41, 5.74) is 10.4. The van der Waals surface area contributed by atoms with Crippen LogP contribution in [-0.2, 0) is 10.3 Å². The monoisotopic (exact) mass is 220 g/mol. The molecule has 0 aliphatic heterocycles. The molecule has 0 saturated carbocycles. The van der Waals surface area contributed by atoms with Crippen molar-refractivity contribution in [2.75, 3.05) is 22.8 Å². The average molecular weight is 220 g/mol. The third kappa shape index (κ3) is 2.17. The molecule has 5 N–H and O–H groups in total. The first kappa shape index (κ1) is 10.4. The molecule has 0 aliphatic carbocycles. The molecule has 1 aromatic rings. The van der Waals surface area contributed by atoms with E-state index < -0.39 is 10.3 Å². The van der Waals surface area contributed by atoms with Crippen LogP contribution in [0.1, 0.15) is 0 Å². The average Bonchev–Trinajstić information content (AvgIpc) is 1.99. The van der Waals surface area contributed by atoms with Gasteiger partial charge in [0.1, 0.15) is 0 Å². The fraction of sp³-hybridized carbons (Fsp3) is 0.250. The first-order valence-corrected chi connectivity index (χ1v) is 4.69. The molecule has 1 rings (SSSR count). The Morgan fingerprint density at radius 1 is 1.21 bits per heavy atom. The fourth-order valence-electron chi connectivity index (χ4n) is 0.641. The van der Waals surface area contributed by atoms with E-state index >= 15 is 0 Å². The maximum atomic E-state index is 10.7. The summed E-state index contributed by atoms with van der Waals surface area (Å²) in [6.07, 6.45) is 0. The van der Waals surface area contributed by atoms with Crippen LogP contribution in [0.2, 0.25) is 0 Å². The number of hydrogen-bond acceptors (Lipinski definition) is 7. The van der Waals surface area contributed by atoms with Crippen molar-refractivity contribution in [1.29, 1.82) is 0 Å². The molecule has 0 radical (unpaired) electrons. The van der Waals surface area contributed by atoms with E-state index in [4.69, 9.17) is 16.0 Å². The Morgan fingerprint density at radius 2 is 1.64 bits per heavy atom. The molecular formula is C4H8N6O3S. The van der Waals surface area contributed by atoms with Crippen molar-refractivity contribution in [2.45, 2.75) is 0 Å². The van der Waals surface area contributed by atoms with Crippen LogP contribution in [0.4, 0.5) is 17.8 Å². The molecule has 0 spiro atoms. The minimum absolute atomic E-state index is 0.233. The van der Waals surface area contributed by atoms with E-state index in [1.165, 1.54) is 0 Å². The Morgan fingerprint density at radius 3 is 2.00 bits per heavy atom. The molecule has 14 heavy (non-hydrogen) atoms. The van der Waals surface area contributed by atoms with Crippen LogP contribution < -0.4 is 15.8 Å². The lowest BCUT2D eigenvalue weighted by Crippen LogP contribution is -2.28. The van der Waals surface area contributed by atoms with Crippen LogP contribution in [-0.4, -0.2) is 35.0 Å². The van der Waals surface area contributed by atoms with Crippen LogP contribution in [0.25, 0.3) is 0 Å². The van der Waals surface area contributed by atoms with Crippen molar-refractivity contribution in [2.24, 2.45) is 0 Å². The number of nitrogens with two attached hydrogens (primary N) is 2. The van der Waals surface area contributed by atoms with Crippen molar-refractivity contribution >= 4 is 28.1 Å². The highest BCUT2D eigenvalue weighted by Crippen LogP contribution is 2.10. The molecule has 0 aliphatic rings. The molecule has 0 fully saturated rings. The van der Waals surface area contributed by atoms with Gasteiger partial charge in [0.15, 0.2) is 0 Å². The number of nitrogens with zero attached hydrogens (tertiary/aromatic N) is 4. The molecule has 0 unspecified atom stereocenters. The number of anilines is 3. The highest BCUT2D eigenvalue weighted by Gasteiger charge is 2.18. The third-order valence-corrected chi connectivity index (χ3v) is 2.14. The van der Waals surface area contributed by atoms with Gasteiger partial charge in [0.05, 0.1) is 0 Å². The second-order valence-electron chi connectivity index (χ2n) is 2.30. The van der Waals surface area contributed by atoms with Crippen LogP contribution >= 0.6 is 0 Å². The van der Waals surface area contributed by atoms with Crippen molar-refractivity contribution < 1.29 is 13.0 Å². The molecule has 0 aromatic carbocycles. The van der Waals surface area contributed by atoms with Crippen LogP contribution in [0.15, 0.2) is 0 Å². The highest BCUT2D eigenvalue weighted by molar-refractivity contribution is 7.87. The van der Waals surface area contributed by atoms with Gasteiger partial charge in [0.2, 0.25) is 17.8 Å². The summed E-state index contributed by atoms with van der Waals surface area (Å²) >= 11 is 0. The van der Waals surface area contributed by atoms with E-state index in [0.717, 1.165) is 7.05 Å². The Hall–Kier alpha value is -1.68. The lowest BCUT2D eigenvalue weighted by Gasteiger charge is -2.12. The van der Waals surface area contributed by atoms with Gasteiger partial charge >= 0.3 is 10.3 Å². The van der Waals surface area contributed by atoms with Crippen molar-refractivity contribution in [3.8, 4) is 0 Å². The summed E-state index contributed by atoms with van der Waals surface area (Å²) in [6.45, 7) is 0. The quantitative estimate of drug-likeness (QED) is 0.498. The van der Waals surface area contributed by atoms with E-state index in [-0.39, 0.29) is 17.8 Å². The van der Waals surface area contributed by atoms with Crippen molar-refractivity contribution in [3.63, 3.8) is 0 Å². The van der Waals surface area contributed by atoms with Crippen LogP contribution in [0.3, 0.4) is 0 Å². The second-order valence-corrected chi connectivity index (χ2v) is 3.74. The Kier molecular flexibility index (Phi) is 2.40. The van der Waals surface area contributed by atoms with Crippen molar-refractivity contribution in [3.05, 3.63) is 0 Å². The Labute approximate surface area is 79.7 Å². The molecular weight excluding hydrogens is 212 g/mol. The zero-order valence-electron chi connectivity index (χ0n) is 7.12. The van der Waals surface area contributed by atoms with Gasteiger partial charge in [-0.25, -0.2) is 4.31 Å². The maximum absolute atomic E-state index is 10.7. The SMILES string of the molecule is CN(c1nc(N)nc(N)n1)S(=O)(=O)O. The molecule has 9 nitrogen and oxygen atoms in total. The Bertz CT molecular complexity index is 424. The number of aromatic nitrogens is 3. The summed E-state index contributed by atoms with van der Waals surface area (Å²) < 4.78 is 30.4. The van der Waals surface area contributed by atoms with Gasteiger partial charge in [0.25, 0.3) is 0 Å². The molecule has 1 aromatic heterocycles. The second kappa shape index (κ2) is 3.23. The lowest BCUT2D eigenvalue weighted by atomic mass is 10.8. The Balaban J connectivity index is 3.20. The summed E-state index contributed by atoms with van der Waals surface area (Å²) in [4.78, 5) is 10.4. The minimum atomic E-state index is -4.42. The van der Waals surface area contributed by atoms with E-state index in [9.17, 15) is 8.42 Å². The van der Waals surface area contributed by atoms with Gasteiger partial charge in [-0.3, -0.25) is 4.55 Å². The molecule has 0 saturated heterocycles. The normalized spacial score (nSPS) is 11.3. The standard InChI is InChI=1S/C4H8N6O3S/c1-10(14(11,12)13)4-8-2(5)7-3(6)9-4/h1H3,(H,11,12,13)(H4,5,6,7,8,9). The molecule has 1 heterocycles. The predicted octanol–water partition coefficient (Wildman–Crippen LogP) is -1.72. The molecule has 0 bridgehead atoms. The summed E-state index contributed by atoms with van der Waals surface area (Å²) in [6, 6.07) is 0. The lowest BCUT2D eigenvalue weighted by molar-refractivity contribution is 0.480. The molecule has 0 amide bonds. The maximum Gasteiger partial charge on any atom is 0.362 e. The highest BCUT2D eigenvalue weighted by atomic mass is 32.2. The van der Waals surface area contributed by atoms with Gasteiger partial charge in [-0.2, -0.15) is 23.4 Å². The minimum Gasteiger partial charge on any atom is -0.368 e. The van der Waals surface area contributed by atoms with Gasteiger partial charge in [0, 0.05) is 7.05 Å². The van der Waals surface area contributed by atoms with Gasteiger partial charge in [-0.15, -0.1) is 0 Å². The van der Waals surface area contributed by atoms with Gasteiger partial charge in [-0.1, -0.05) is 0 Å². The smallest absolute Gasteiger partial charge is 0.362 e. The van der Waals surface area contributed by atoms with Gasteiger partial charge < -0.3 is 11.5 Å². The van der Waals surface area contributed by atoms with Crippen molar-refractivity contribution in [1.82, 2.24) is 15.0 Å². The van der Waals surface area contributed by atoms with E-state index in [0.29, 0.717) is 4.31 Å². The first-order valence-electron chi connectivity index (χ1n) is 3.29. The summed E-state index contributed by atoms with van der Waals surface area (Å²) in [5.74, 6) is -0.816. The summed E-state index contributed by atoms with van der Waals surface area (Å²) in [7, 11) is -3.37. The summed E-state index contributed by atoms with van der Waals surface area (Å²) in [5, 5.41) is 0. The fourth-order valence-corrected chi connectivity index (χ4v) is 0.929. The molecule has 78 valence electrons. The van der Waals surface area contributed by atoms with Gasteiger partial charge in [-0.05, 0) is 0 Å². The van der Waals surface area contributed by atoms with E-state index in [2.05, 4.69) is 15.0 Å². The first-order chi connectivity index (χ1) is 6.30. The topological polar surface area (TPSA) is 148 Å². The zero-order chi connectivity index (χ0) is 10.9. The number of nitrogen functional groups attached to an aromatic ring is 2. The zero-order valence-corrected chi connectivity index (χ0v) is 7.93. The largest absolute Gasteiger partial charge is 0.368 e. The molecule has 0 atom stereocenters. The molecule has 10 heteroatoms. The third-order valence-electron chi connectivity index (χ3n) is 1.29. The van der Waals surface area contributed by atoms with E-state index in [1.807, 2.05) is 0 Å².